The molecule has 3 aromatic carbocycles. The number of ether oxygens (including phenoxy) is 1. The van der Waals surface area contributed by atoms with E-state index in [-0.39, 0.29) is 4.92 Å². The van der Waals surface area contributed by atoms with Crippen molar-refractivity contribution in [1.29, 1.82) is 0 Å². The Morgan fingerprint density at radius 2 is 1.33 bits per heavy atom. The van der Waals surface area contributed by atoms with E-state index >= 15 is 0 Å². The molecule has 0 spiro atoms. The lowest BCUT2D eigenvalue weighted by Gasteiger charge is -2.33. The summed E-state index contributed by atoms with van der Waals surface area (Å²) in [7, 11) is 0. The summed E-state index contributed by atoms with van der Waals surface area (Å²) in [5.41, 5.74) is 0.217. The maximum atomic E-state index is 13.5. The van der Waals surface area contributed by atoms with Crippen molar-refractivity contribution in [2.24, 2.45) is 0 Å². The number of esters is 1. The van der Waals surface area contributed by atoms with E-state index in [1.165, 1.54) is 0 Å². The van der Waals surface area contributed by atoms with Gasteiger partial charge in [-0.15, -0.1) is 0 Å². The van der Waals surface area contributed by atoms with Gasteiger partial charge >= 0.3 is 5.97 Å². The zero-order chi connectivity index (χ0) is 23.6. The lowest BCUT2D eigenvalue weighted by atomic mass is 9.74. The first kappa shape index (κ1) is 22.7. The smallest absolute Gasteiger partial charge is 0.324 e. The van der Waals surface area contributed by atoms with Crippen LogP contribution in [0.25, 0.3) is 0 Å². The minimum atomic E-state index is -1.23. The molecular formula is C27H28N2O4. The Balaban J connectivity index is 1.98. The van der Waals surface area contributed by atoms with Crippen molar-refractivity contribution in [3.05, 3.63) is 118 Å². The van der Waals surface area contributed by atoms with Crippen LogP contribution in [0, 0.1) is 10.1 Å². The molecule has 3 aromatic rings. The average molecular weight is 445 g/mol. The minimum Gasteiger partial charge on any atom is -0.459 e. The van der Waals surface area contributed by atoms with Gasteiger partial charge in [-0.2, -0.15) is 0 Å². The van der Waals surface area contributed by atoms with Gasteiger partial charge in [-0.1, -0.05) is 91.0 Å². The second kappa shape index (κ2) is 8.79. The third kappa shape index (κ3) is 4.26. The second-order valence-corrected chi connectivity index (χ2v) is 9.36. The summed E-state index contributed by atoms with van der Waals surface area (Å²) < 4.78 is 5.74. The second-order valence-electron chi connectivity index (χ2n) is 9.36. The van der Waals surface area contributed by atoms with Crippen LogP contribution in [0.5, 0.6) is 0 Å². The molecule has 0 unspecified atom stereocenters. The largest absolute Gasteiger partial charge is 0.459 e. The summed E-state index contributed by atoms with van der Waals surface area (Å²) in [5.74, 6) is -1.24. The van der Waals surface area contributed by atoms with Gasteiger partial charge < -0.3 is 4.74 Å². The Labute approximate surface area is 193 Å². The fourth-order valence-corrected chi connectivity index (χ4v) is 4.86. The molecule has 6 heteroatoms. The zero-order valence-electron chi connectivity index (χ0n) is 19.0. The molecule has 1 heterocycles. The number of rotatable bonds is 5. The summed E-state index contributed by atoms with van der Waals surface area (Å²) in [6.07, 6.45) is 0. The molecule has 33 heavy (non-hydrogen) atoms. The van der Waals surface area contributed by atoms with E-state index < -0.39 is 35.1 Å². The lowest BCUT2D eigenvalue weighted by molar-refractivity contribution is -0.533. The number of nitrogens with one attached hydrogen (secondary N) is 1. The molecule has 1 N–H and O–H groups in total. The Morgan fingerprint density at radius 1 is 0.879 bits per heavy atom. The molecule has 0 saturated carbocycles. The molecule has 4 rings (SSSR count). The van der Waals surface area contributed by atoms with Gasteiger partial charge in [0.15, 0.2) is 0 Å². The highest BCUT2D eigenvalue weighted by atomic mass is 16.6. The third-order valence-corrected chi connectivity index (χ3v) is 6.06. The van der Waals surface area contributed by atoms with E-state index in [9.17, 15) is 14.9 Å². The maximum absolute atomic E-state index is 13.5. The highest BCUT2D eigenvalue weighted by Crippen LogP contribution is 2.48. The number of benzene rings is 3. The molecule has 170 valence electrons. The van der Waals surface area contributed by atoms with Crippen LogP contribution in [0.1, 0.15) is 43.4 Å². The number of nitro groups is 1. The van der Waals surface area contributed by atoms with E-state index in [1.807, 2.05) is 91.0 Å². The van der Waals surface area contributed by atoms with Gasteiger partial charge in [0.25, 0.3) is 0 Å². The van der Waals surface area contributed by atoms with Crippen LogP contribution in [0.15, 0.2) is 91.0 Å². The first-order valence-corrected chi connectivity index (χ1v) is 11.0. The first-order valence-electron chi connectivity index (χ1n) is 11.0. The van der Waals surface area contributed by atoms with Crippen LogP contribution in [0.3, 0.4) is 0 Å². The first-order chi connectivity index (χ1) is 15.7. The number of nitrogens with zero attached hydrogens (tertiary/aromatic N) is 1. The van der Waals surface area contributed by atoms with Crippen LogP contribution < -0.4 is 5.32 Å². The van der Waals surface area contributed by atoms with Crippen molar-refractivity contribution in [1.82, 2.24) is 5.32 Å². The van der Waals surface area contributed by atoms with E-state index in [4.69, 9.17) is 4.74 Å². The Morgan fingerprint density at radius 3 is 1.76 bits per heavy atom. The van der Waals surface area contributed by atoms with Crippen LogP contribution in [0.4, 0.5) is 0 Å². The van der Waals surface area contributed by atoms with Crippen LogP contribution in [-0.4, -0.2) is 28.6 Å². The molecule has 1 saturated heterocycles. The molecule has 1 fully saturated rings. The quantitative estimate of drug-likeness (QED) is 0.351. The van der Waals surface area contributed by atoms with Gasteiger partial charge in [0.1, 0.15) is 17.2 Å². The molecule has 0 radical (unpaired) electrons. The van der Waals surface area contributed by atoms with Gasteiger partial charge in [-0.05, 0) is 37.5 Å². The predicted molar refractivity (Wildman–Crippen MR) is 126 cm³/mol. The zero-order valence-corrected chi connectivity index (χ0v) is 19.0. The summed E-state index contributed by atoms with van der Waals surface area (Å²) in [6, 6.07) is 25.8. The molecule has 6 nitrogen and oxygen atoms in total. The van der Waals surface area contributed by atoms with Crippen molar-refractivity contribution in [3.8, 4) is 0 Å². The van der Waals surface area contributed by atoms with Crippen molar-refractivity contribution < 1.29 is 14.5 Å². The van der Waals surface area contributed by atoms with E-state index in [1.54, 1.807) is 20.8 Å². The molecule has 0 bridgehead atoms. The van der Waals surface area contributed by atoms with Crippen LogP contribution >= 0.6 is 0 Å². The molecule has 3 atom stereocenters. The van der Waals surface area contributed by atoms with Gasteiger partial charge in [-0.3, -0.25) is 20.2 Å². The van der Waals surface area contributed by atoms with Crippen molar-refractivity contribution in [3.63, 3.8) is 0 Å². The van der Waals surface area contributed by atoms with E-state index in [0.717, 1.165) is 16.7 Å². The third-order valence-electron chi connectivity index (χ3n) is 6.06. The summed E-state index contributed by atoms with van der Waals surface area (Å²) in [5, 5.41) is 16.2. The molecule has 1 aliphatic rings. The lowest BCUT2D eigenvalue weighted by Crippen LogP contribution is -2.51. The monoisotopic (exact) mass is 444 g/mol. The highest BCUT2D eigenvalue weighted by molar-refractivity contribution is 5.79. The van der Waals surface area contributed by atoms with Crippen LogP contribution in [0.2, 0.25) is 0 Å². The highest BCUT2D eigenvalue weighted by Gasteiger charge is 2.64. The molecule has 0 aromatic heterocycles. The fourth-order valence-electron chi connectivity index (χ4n) is 4.86. The number of hydrogen-bond acceptors (Lipinski definition) is 5. The van der Waals surface area contributed by atoms with E-state index in [2.05, 4.69) is 5.32 Å². The standard InChI is InChI=1S/C27H28N2O4/c1-26(2,3)33-25(30)23-22(19-13-7-4-8-14-19)24(29(31)32)27(28-23,20-15-9-5-10-16-20)21-17-11-6-12-18-21/h4-18,22-24,28H,1-3H3/t22-,23+,24+/m0/s1. The van der Waals surface area contributed by atoms with Crippen molar-refractivity contribution in [2.75, 3.05) is 0 Å². The van der Waals surface area contributed by atoms with E-state index in [0.29, 0.717) is 0 Å². The van der Waals surface area contributed by atoms with Gasteiger partial charge in [-0.25, -0.2) is 0 Å². The van der Waals surface area contributed by atoms with Gasteiger partial charge in [0.05, 0.1) is 5.92 Å². The number of carbonyl (C=O) groups excluding carboxylic acids is 1. The SMILES string of the molecule is CC(C)(C)OC(=O)[C@@H]1NC(c2ccccc2)(c2ccccc2)[C@H]([N+](=O)[O-])[C@H]1c1ccccc1. The maximum Gasteiger partial charge on any atom is 0.324 e. The number of carbonyl (C=O) groups is 1. The fraction of sp³-hybridized carbons (Fsp3) is 0.296. The van der Waals surface area contributed by atoms with Gasteiger partial charge in [0, 0.05) is 4.92 Å². The average Bonchev–Trinajstić information content (AvgIpc) is 3.18. The topological polar surface area (TPSA) is 81.5 Å². The Hall–Kier alpha value is -3.51. The summed E-state index contributed by atoms with van der Waals surface area (Å²) in [6.45, 7) is 5.39. The van der Waals surface area contributed by atoms with Crippen molar-refractivity contribution >= 4 is 5.97 Å². The Kier molecular flexibility index (Phi) is 6.04. The summed E-state index contributed by atoms with van der Waals surface area (Å²) in [4.78, 5) is 26.0. The van der Waals surface area contributed by atoms with Crippen LogP contribution in [-0.2, 0) is 15.1 Å². The van der Waals surface area contributed by atoms with Crippen molar-refractivity contribution in [2.45, 2.75) is 49.9 Å². The Bertz CT molecular complexity index is 1070. The molecule has 0 aliphatic carbocycles. The molecule has 1 aliphatic heterocycles. The molecule has 0 amide bonds. The number of hydrogen-bond donors (Lipinski definition) is 1. The minimum absolute atomic E-state index is 0.255. The predicted octanol–water partition coefficient (Wildman–Crippen LogP) is 4.67. The summed E-state index contributed by atoms with van der Waals surface area (Å²) >= 11 is 0. The normalized spacial score (nSPS) is 22.0. The van der Waals surface area contributed by atoms with Gasteiger partial charge in [0.2, 0.25) is 6.04 Å². The molecular weight excluding hydrogens is 416 g/mol.